The molecule has 11 heavy (non-hydrogen) atoms. The molecule has 0 rings (SSSR count). The Morgan fingerprint density at radius 2 is 2.00 bits per heavy atom. The van der Waals surface area contributed by atoms with Crippen molar-refractivity contribution in [2.75, 3.05) is 14.2 Å². The highest BCUT2D eigenvalue weighted by atomic mass is 16.7. The van der Waals surface area contributed by atoms with Crippen LogP contribution in [0.1, 0.15) is 12.8 Å². The molecule has 0 bridgehead atoms. The molecule has 0 fully saturated rings. The van der Waals surface area contributed by atoms with Crippen molar-refractivity contribution in [3.63, 3.8) is 0 Å². The first-order chi connectivity index (χ1) is 5.24. The molecule has 2 heteroatoms. The average molecular weight is 156 g/mol. The minimum absolute atomic E-state index is 0.119. The van der Waals surface area contributed by atoms with Crippen LogP contribution < -0.4 is 0 Å². The number of hydrogen-bond acceptors (Lipinski definition) is 2. The SMILES string of the molecule is C=CC(=C)CCC(OC)OC. The van der Waals surface area contributed by atoms with E-state index in [1.807, 2.05) is 0 Å². The van der Waals surface area contributed by atoms with Gasteiger partial charge in [0.2, 0.25) is 0 Å². The molecule has 0 aliphatic rings. The topological polar surface area (TPSA) is 18.5 Å². The van der Waals surface area contributed by atoms with Crippen LogP contribution >= 0.6 is 0 Å². The largest absolute Gasteiger partial charge is 0.356 e. The van der Waals surface area contributed by atoms with Crippen molar-refractivity contribution in [2.45, 2.75) is 19.1 Å². The first-order valence-electron chi connectivity index (χ1n) is 3.60. The molecule has 0 amide bonds. The fraction of sp³-hybridized carbons (Fsp3) is 0.556. The lowest BCUT2D eigenvalue weighted by molar-refractivity contribution is -0.105. The molecule has 0 atom stereocenters. The Hall–Kier alpha value is -0.600. The first-order valence-corrected chi connectivity index (χ1v) is 3.60. The summed E-state index contributed by atoms with van der Waals surface area (Å²) in [7, 11) is 3.26. The van der Waals surface area contributed by atoms with Crippen molar-refractivity contribution in [2.24, 2.45) is 0 Å². The predicted octanol–water partition coefficient (Wildman–Crippen LogP) is 2.13. The van der Waals surface area contributed by atoms with E-state index in [9.17, 15) is 0 Å². The number of methoxy groups -OCH3 is 2. The monoisotopic (exact) mass is 156 g/mol. The Kier molecular flexibility index (Phi) is 5.80. The fourth-order valence-electron chi connectivity index (χ4n) is 0.737. The van der Waals surface area contributed by atoms with Gasteiger partial charge in [-0.25, -0.2) is 0 Å². The van der Waals surface area contributed by atoms with Crippen LogP contribution in [0.15, 0.2) is 24.8 Å². The Bertz CT molecular complexity index is 126. The Balaban J connectivity index is 3.49. The van der Waals surface area contributed by atoms with Crippen LogP contribution in [0.2, 0.25) is 0 Å². The lowest BCUT2D eigenvalue weighted by Crippen LogP contribution is -2.12. The second kappa shape index (κ2) is 6.13. The summed E-state index contributed by atoms with van der Waals surface area (Å²) in [5, 5.41) is 0. The summed E-state index contributed by atoms with van der Waals surface area (Å²) in [6.45, 7) is 7.39. The Labute approximate surface area is 68.5 Å². The van der Waals surface area contributed by atoms with E-state index < -0.39 is 0 Å². The van der Waals surface area contributed by atoms with Crippen molar-refractivity contribution < 1.29 is 9.47 Å². The maximum Gasteiger partial charge on any atom is 0.157 e. The van der Waals surface area contributed by atoms with E-state index in [-0.39, 0.29) is 6.29 Å². The molecule has 0 radical (unpaired) electrons. The molecular weight excluding hydrogens is 140 g/mol. The zero-order chi connectivity index (χ0) is 8.69. The van der Waals surface area contributed by atoms with Crippen LogP contribution in [0.3, 0.4) is 0 Å². The summed E-state index contributed by atoms with van der Waals surface area (Å²) in [4.78, 5) is 0. The number of allylic oxidation sites excluding steroid dienone is 2. The molecule has 0 heterocycles. The summed E-state index contributed by atoms with van der Waals surface area (Å²) in [6.07, 6.45) is 3.34. The molecule has 0 aliphatic heterocycles. The molecule has 0 aromatic carbocycles. The second-order valence-corrected chi connectivity index (χ2v) is 2.30. The first kappa shape index (κ1) is 10.4. The van der Waals surface area contributed by atoms with Gasteiger partial charge >= 0.3 is 0 Å². The third-order valence-corrected chi connectivity index (χ3v) is 1.52. The van der Waals surface area contributed by atoms with Gasteiger partial charge in [-0.3, -0.25) is 0 Å². The van der Waals surface area contributed by atoms with Gasteiger partial charge in [0.25, 0.3) is 0 Å². The van der Waals surface area contributed by atoms with Gasteiger partial charge in [-0.15, -0.1) is 0 Å². The highest BCUT2D eigenvalue weighted by molar-refractivity contribution is 5.10. The quantitative estimate of drug-likeness (QED) is 0.433. The minimum atomic E-state index is -0.119. The number of ether oxygens (including phenoxy) is 2. The van der Waals surface area contributed by atoms with E-state index in [1.165, 1.54) is 0 Å². The minimum Gasteiger partial charge on any atom is -0.356 e. The van der Waals surface area contributed by atoms with Gasteiger partial charge < -0.3 is 9.47 Å². The normalized spacial score (nSPS) is 10.1. The third-order valence-electron chi connectivity index (χ3n) is 1.52. The van der Waals surface area contributed by atoms with E-state index in [2.05, 4.69) is 13.2 Å². The predicted molar refractivity (Wildman–Crippen MR) is 46.4 cm³/mol. The van der Waals surface area contributed by atoms with Crippen LogP contribution in [-0.2, 0) is 9.47 Å². The highest BCUT2D eigenvalue weighted by Gasteiger charge is 2.03. The molecular formula is C9H16O2. The summed E-state index contributed by atoms with van der Waals surface area (Å²) in [5.74, 6) is 0. The molecule has 0 unspecified atom stereocenters. The van der Waals surface area contributed by atoms with Crippen LogP contribution in [0, 0.1) is 0 Å². The Morgan fingerprint density at radius 1 is 1.45 bits per heavy atom. The van der Waals surface area contributed by atoms with E-state index in [0.29, 0.717) is 0 Å². The molecule has 0 saturated heterocycles. The van der Waals surface area contributed by atoms with Gasteiger partial charge in [0.1, 0.15) is 0 Å². The van der Waals surface area contributed by atoms with Crippen molar-refractivity contribution in [3.05, 3.63) is 24.8 Å². The molecule has 0 aromatic heterocycles. The second-order valence-electron chi connectivity index (χ2n) is 2.30. The molecule has 2 nitrogen and oxygen atoms in total. The van der Waals surface area contributed by atoms with Gasteiger partial charge in [-0.2, -0.15) is 0 Å². The van der Waals surface area contributed by atoms with Crippen molar-refractivity contribution in [3.8, 4) is 0 Å². The van der Waals surface area contributed by atoms with Gasteiger partial charge in [0, 0.05) is 20.6 Å². The van der Waals surface area contributed by atoms with Gasteiger partial charge in [0.15, 0.2) is 6.29 Å². The molecule has 0 N–H and O–H groups in total. The lowest BCUT2D eigenvalue weighted by atomic mass is 10.1. The lowest BCUT2D eigenvalue weighted by Gasteiger charge is -2.12. The van der Waals surface area contributed by atoms with Gasteiger partial charge in [0.05, 0.1) is 0 Å². The van der Waals surface area contributed by atoms with Crippen molar-refractivity contribution >= 4 is 0 Å². The van der Waals surface area contributed by atoms with E-state index in [0.717, 1.165) is 18.4 Å². The molecule has 0 saturated carbocycles. The van der Waals surface area contributed by atoms with E-state index in [4.69, 9.17) is 9.47 Å². The van der Waals surface area contributed by atoms with Crippen LogP contribution in [0.5, 0.6) is 0 Å². The summed E-state index contributed by atoms with van der Waals surface area (Å²) in [5.41, 5.74) is 1.02. The average Bonchev–Trinajstić information content (AvgIpc) is 2.06. The number of hydrogen-bond donors (Lipinski definition) is 0. The molecule has 64 valence electrons. The molecule has 0 spiro atoms. The van der Waals surface area contributed by atoms with Gasteiger partial charge in [-0.1, -0.05) is 24.8 Å². The summed E-state index contributed by atoms with van der Waals surface area (Å²) < 4.78 is 9.99. The standard InChI is InChI=1S/C9H16O2/c1-5-8(2)6-7-9(10-3)11-4/h5,9H,1-2,6-7H2,3-4H3. The zero-order valence-corrected chi connectivity index (χ0v) is 7.30. The summed E-state index contributed by atoms with van der Waals surface area (Å²) >= 11 is 0. The van der Waals surface area contributed by atoms with Crippen LogP contribution in [0.25, 0.3) is 0 Å². The summed E-state index contributed by atoms with van der Waals surface area (Å²) in [6, 6.07) is 0. The van der Waals surface area contributed by atoms with Crippen molar-refractivity contribution in [1.29, 1.82) is 0 Å². The van der Waals surface area contributed by atoms with Crippen molar-refractivity contribution in [1.82, 2.24) is 0 Å². The molecule has 0 aromatic rings. The third kappa shape index (κ3) is 4.76. The highest BCUT2D eigenvalue weighted by Crippen LogP contribution is 2.08. The van der Waals surface area contributed by atoms with E-state index in [1.54, 1.807) is 20.3 Å². The number of rotatable bonds is 6. The van der Waals surface area contributed by atoms with Crippen LogP contribution in [0.4, 0.5) is 0 Å². The molecule has 0 aliphatic carbocycles. The van der Waals surface area contributed by atoms with E-state index >= 15 is 0 Å². The Morgan fingerprint density at radius 3 is 2.36 bits per heavy atom. The maximum absolute atomic E-state index is 5.00. The maximum atomic E-state index is 5.00. The van der Waals surface area contributed by atoms with Gasteiger partial charge in [-0.05, 0) is 6.42 Å². The fourth-order valence-corrected chi connectivity index (χ4v) is 0.737. The van der Waals surface area contributed by atoms with Crippen LogP contribution in [-0.4, -0.2) is 20.5 Å². The zero-order valence-electron chi connectivity index (χ0n) is 7.30. The smallest absolute Gasteiger partial charge is 0.157 e.